The number of thioether (sulfide) groups is 1. The first kappa shape index (κ1) is 28.9. The van der Waals surface area contributed by atoms with Crippen molar-refractivity contribution in [2.75, 3.05) is 18.9 Å². The molecule has 190 valence electrons. The predicted molar refractivity (Wildman–Crippen MR) is 129 cm³/mol. The first-order chi connectivity index (χ1) is 16.0. The Morgan fingerprint density at radius 2 is 1.79 bits per heavy atom. The van der Waals surface area contributed by atoms with Gasteiger partial charge in [0.2, 0.25) is 0 Å². The van der Waals surface area contributed by atoms with E-state index in [1.165, 1.54) is 5.56 Å². The molecule has 2 rings (SSSR count). The van der Waals surface area contributed by atoms with Crippen LogP contribution in [0.25, 0.3) is 0 Å². The fraction of sp³-hybridized carbons (Fsp3) is 0.500. The minimum atomic E-state index is -4.58. The largest absolute Gasteiger partial charge is 0.417 e. The standard InChI is InChI=1S/C24H32F4NO3PS/c1-23(2,19-9-4-3-5-10-19)11-6-7-14-34-22-16-21(25)18(15-20(22)24(26,27)28)17-29-12-8-13-32-33(30)31/h3-5,9-10,15-16,29,33H,6-8,11-14,17H2,1-2H3,(H,30,31). The van der Waals surface area contributed by atoms with E-state index in [0.29, 0.717) is 18.7 Å². The lowest BCUT2D eigenvalue weighted by molar-refractivity contribution is -0.139. The minimum absolute atomic E-state index is 0.0217. The highest BCUT2D eigenvalue weighted by Gasteiger charge is 2.34. The molecule has 34 heavy (non-hydrogen) atoms. The molecular weight excluding hydrogens is 489 g/mol. The summed E-state index contributed by atoms with van der Waals surface area (Å²) in [5.41, 5.74) is 0.303. The van der Waals surface area contributed by atoms with E-state index in [0.717, 1.165) is 43.2 Å². The van der Waals surface area contributed by atoms with Gasteiger partial charge in [0.1, 0.15) is 5.82 Å². The van der Waals surface area contributed by atoms with Crippen LogP contribution in [0.3, 0.4) is 0 Å². The van der Waals surface area contributed by atoms with Crippen molar-refractivity contribution in [2.24, 2.45) is 0 Å². The van der Waals surface area contributed by atoms with E-state index in [2.05, 4.69) is 35.8 Å². The van der Waals surface area contributed by atoms with Gasteiger partial charge in [-0.25, -0.2) is 4.39 Å². The Morgan fingerprint density at radius 1 is 1.09 bits per heavy atom. The highest BCUT2D eigenvalue weighted by atomic mass is 32.2. The Bertz CT molecular complexity index is 926. The van der Waals surface area contributed by atoms with Crippen LogP contribution in [0.2, 0.25) is 0 Å². The molecule has 0 saturated carbocycles. The molecule has 2 aromatic carbocycles. The van der Waals surface area contributed by atoms with Crippen molar-refractivity contribution in [3.8, 4) is 0 Å². The van der Waals surface area contributed by atoms with E-state index in [1.807, 2.05) is 18.2 Å². The Labute approximate surface area is 203 Å². The van der Waals surface area contributed by atoms with Gasteiger partial charge in [-0.1, -0.05) is 50.6 Å². The Balaban J connectivity index is 1.90. The average molecular weight is 522 g/mol. The summed E-state index contributed by atoms with van der Waals surface area (Å²) in [5, 5.41) is 2.84. The second-order valence-electron chi connectivity index (χ2n) is 8.64. The van der Waals surface area contributed by atoms with Crippen LogP contribution in [-0.2, 0) is 27.2 Å². The van der Waals surface area contributed by atoms with Crippen molar-refractivity contribution in [1.29, 1.82) is 0 Å². The van der Waals surface area contributed by atoms with E-state index in [1.54, 1.807) is 0 Å². The summed E-state index contributed by atoms with van der Waals surface area (Å²) in [6.07, 6.45) is -1.72. The van der Waals surface area contributed by atoms with Crippen molar-refractivity contribution in [3.05, 3.63) is 65.0 Å². The maximum Gasteiger partial charge on any atom is 0.417 e. The number of alkyl halides is 3. The lowest BCUT2D eigenvalue weighted by Crippen LogP contribution is -2.18. The summed E-state index contributed by atoms with van der Waals surface area (Å²) < 4.78 is 70.4. The number of unbranched alkanes of at least 4 members (excludes halogenated alkanes) is 1. The van der Waals surface area contributed by atoms with Gasteiger partial charge >= 0.3 is 14.4 Å². The van der Waals surface area contributed by atoms with Crippen LogP contribution in [0.4, 0.5) is 17.6 Å². The lowest BCUT2D eigenvalue weighted by atomic mass is 9.80. The quantitative estimate of drug-likeness (QED) is 0.122. The Kier molecular flexibility index (Phi) is 11.6. The molecule has 0 aliphatic carbocycles. The first-order valence-corrected chi connectivity index (χ1v) is 13.4. The van der Waals surface area contributed by atoms with Crippen molar-refractivity contribution in [1.82, 2.24) is 5.32 Å². The van der Waals surface area contributed by atoms with Crippen LogP contribution in [0.5, 0.6) is 0 Å². The van der Waals surface area contributed by atoms with Crippen molar-refractivity contribution >= 4 is 20.0 Å². The third-order valence-electron chi connectivity index (χ3n) is 5.50. The molecule has 0 radical (unpaired) electrons. The molecule has 1 unspecified atom stereocenters. The molecule has 10 heteroatoms. The van der Waals surface area contributed by atoms with Crippen molar-refractivity contribution in [2.45, 2.75) is 62.6 Å². The Hall–Kier alpha value is -1.38. The van der Waals surface area contributed by atoms with Crippen LogP contribution in [0, 0.1) is 5.82 Å². The topological polar surface area (TPSA) is 58.6 Å². The number of nitrogens with one attached hydrogen (secondary N) is 1. The summed E-state index contributed by atoms with van der Waals surface area (Å²) in [6, 6.07) is 12.0. The minimum Gasteiger partial charge on any atom is -0.326 e. The number of hydrogen-bond donors (Lipinski definition) is 2. The predicted octanol–water partition coefficient (Wildman–Crippen LogP) is 6.96. The van der Waals surface area contributed by atoms with Crippen molar-refractivity contribution in [3.63, 3.8) is 0 Å². The van der Waals surface area contributed by atoms with Crippen LogP contribution in [-0.4, -0.2) is 23.8 Å². The third kappa shape index (κ3) is 9.70. The zero-order chi connectivity index (χ0) is 25.2. The van der Waals surface area contributed by atoms with Crippen LogP contribution < -0.4 is 5.32 Å². The molecule has 0 spiro atoms. The van der Waals surface area contributed by atoms with Crippen LogP contribution in [0.1, 0.15) is 56.2 Å². The molecule has 1 atom stereocenters. The molecule has 0 aliphatic rings. The van der Waals surface area contributed by atoms with Crippen LogP contribution >= 0.6 is 20.0 Å². The van der Waals surface area contributed by atoms with Gasteiger partial charge in [0, 0.05) is 17.0 Å². The smallest absolute Gasteiger partial charge is 0.326 e. The SMILES string of the molecule is CC(C)(CCCCSc1cc(F)c(CNCCCO[PH](=O)O)cc1C(F)(F)F)c1ccccc1. The van der Waals surface area contributed by atoms with E-state index >= 15 is 0 Å². The zero-order valence-corrected chi connectivity index (χ0v) is 21.2. The second-order valence-corrected chi connectivity index (χ2v) is 10.6. The fourth-order valence-corrected chi connectivity index (χ4v) is 4.95. The molecular formula is C24H32F4NO3PS. The van der Waals surface area contributed by atoms with Crippen molar-refractivity contribution < 1.29 is 31.5 Å². The molecule has 0 fully saturated rings. The highest BCUT2D eigenvalue weighted by molar-refractivity contribution is 7.99. The van der Waals surface area contributed by atoms with Gasteiger partial charge in [0.25, 0.3) is 0 Å². The average Bonchev–Trinajstić information content (AvgIpc) is 2.76. The summed E-state index contributed by atoms with van der Waals surface area (Å²) in [5.74, 6) is -0.219. The van der Waals surface area contributed by atoms with Crippen LogP contribution in [0.15, 0.2) is 47.4 Å². The third-order valence-corrected chi connectivity index (χ3v) is 7.09. The highest BCUT2D eigenvalue weighted by Crippen LogP contribution is 2.39. The molecule has 4 nitrogen and oxygen atoms in total. The molecule has 0 bridgehead atoms. The van der Waals surface area contributed by atoms with Gasteiger partial charge in [-0.15, -0.1) is 11.8 Å². The maximum atomic E-state index is 14.5. The molecule has 2 N–H and O–H groups in total. The Morgan fingerprint density at radius 3 is 2.44 bits per heavy atom. The van der Waals surface area contributed by atoms with E-state index < -0.39 is 25.8 Å². The molecule has 2 aromatic rings. The van der Waals surface area contributed by atoms with E-state index in [-0.39, 0.29) is 29.0 Å². The van der Waals surface area contributed by atoms with E-state index in [9.17, 15) is 22.1 Å². The summed E-state index contributed by atoms with van der Waals surface area (Å²) >= 11 is 1.03. The fourth-order valence-electron chi connectivity index (χ4n) is 3.54. The molecule has 0 heterocycles. The monoisotopic (exact) mass is 521 g/mol. The van der Waals surface area contributed by atoms with Gasteiger partial charge in [0.15, 0.2) is 0 Å². The summed E-state index contributed by atoms with van der Waals surface area (Å²) in [4.78, 5) is 8.48. The van der Waals surface area contributed by atoms with E-state index in [4.69, 9.17) is 4.89 Å². The maximum absolute atomic E-state index is 14.5. The normalized spacial score (nSPS) is 13.3. The second kappa shape index (κ2) is 13.6. The summed E-state index contributed by atoms with van der Waals surface area (Å²) in [6.45, 7) is 4.58. The van der Waals surface area contributed by atoms with Gasteiger partial charge in [-0.3, -0.25) is 4.57 Å². The molecule has 0 amide bonds. The number of rotatable bonds is 14. The number of halogens is 4. The number of benzene rings is 2. The van der Waals surface area contributed by atoms with Gasteiger partial charge in [-0.2, -0.15) is 13.2 Å². The molecule has 0 aromatic heterocycles. The zero-order valence-electron chi connectivity index (χ0n) is 19.4. The summed E-state index contributed by atoms with van der Waals surface area (Å²) in [7, 11) is -3.00. The first-order valence-electron chi connectivity index (χ1n) is 11.1. The van der Waals surface area contributed by atoms with Gasteiger partial charge in [-0.05, 0) is 54.7 Å². The number of hydrogen-bond acceptors (Lipinski definition) is 4. The molecule has 0 aliphatic heterocycles. The van der Waals surface area contributed by atoms with Gasteiger partial charge in [0.05, 0.1) is 12.2 Å². The van der Waals surface area contributed by atoms with Gasteiger partial charge < -0.3 is 14.7 Å². The molecule has 0 saturated heterocycles. The lowest BCUT2D eigenvalue weighted by Gasteiger charge is -2.25.